The molecule has 0 bridgehead atoms. The molecule has 1 heterocycles. The molecule has 2 N–H and O–H groups in total. The molecule has 0 aliphatic heterocycles. The van der Waals surface area contributed by atoms with Gasteiger partial charge < -0.3 is 10.2 Å². The number of carbonyl (C=O) groups is 1. The molecule has 0 aliphatic rings. The van der Waals surface area contributed by atoms with Gasteiger partial charge in [0.15, 0.2) is 5.76 Å². The van der Waals surface area contributed by atoms with E-state index in [2.05, 4.69) is 0 Å². The van der Waals surface area contributed by atoms with Crippen LogP contribution in [-0.2, 0) is 0 Å². The Bertz CT molecular complexity index is 244. The molecule has 1 aromatic heterocycles. The second kappa shape index (κ2) is 2.86. The van der Waals surface area contributed by atoms with E-state index in [-0.39, 0.29) is 18.1 Å². The predicted molar refractivity (Wildman–Crippen MR) is 37.1 cm³/mol. The standard InChI is InChI=1S/C6H6ClNO2/c7-4-1-6(10-3-4)5(9)2-8/h1,3H,2,8H2. The average Bonchev–Trinajstić information content (AvgIpc) is 2.34. The van der Waals surface area contributed by atoms with Gasteiger partial charge in [-0.1, -0.05) is 11.6 Å². The van der Waals surface area contributed by atoms with Crippen molar-refractivity contribution in [1.82, 2.24) is 0 Å². The van der Waals surface area contributed by atoms with Crippen LogP contribution in [0.2, 0.25) is 5.02 Å². The SMILES string of the molecule is NCC(=O)c1cc(Cl)co1. The van der Waals surface area contributed by atoms with Gasteiger partial charge in [-0.05, 0) is 0 Å². The number of rotatable bonds is 2. The first-order valence-corrected chi connectivity index (χ1v) is 3.09. The predicted octanol–water partition coefficient (Wildman–Crippen LogP) is 1.07. The van der Waals surface area contributed by atoms with Crippen molar-refractivity contribution in [2.24, 2.45) is 5.73 Å². The van der Waals surface area contributed by atoms with Crippen LogP contribution in [0.15, 0.2) is 16.7 Å². The van der Waals surface area contributed by atoms with Gasteiger partial charge in [0, 0.05) is 6.07 Å². The fourth-order valence-electron chi connectivity index (χ4n) is 0.560. The van der Waals surface area contributed by atoms with E-state index in [0.717, 1.165) is 0 Å². The van der Waals surface area contributed by atoms with Crippen LogP contribution in [0.1, 0.15) is 10.6 Å². The van der Waals surface area contributed by atoms with Crippen molar-refractivity contribution >= 4 is 17.4 Å². The number of ketones is 1. The summed E-state index contributed by atoms with van der Waals surface area (Å²) >= 11 is 5.47. The molecule has 0 saturated heterocycles. The van der Waals surface area contributed by atoms with Crippen LogP contribution >= 0.6 is 11.6 Å². The molecule has 0 fully saturated rings. The molecule has 0 aliphatic carbocycles. The number of halogens is 1. The Morgan fingerprint density at radius 1 is 1.80 bits per heavy atom. The summed E-state index contributed by atoms with van der Waals surface area (Å²) in [4.78, 5) is 10.7. The zero-order valence-corrected chi connectivity index (χ0v) is 5.89. The van der Waals surface area contributed by atoms with Crippen LogP contribution in [0.3, 0.4) is 0 Å². The quantitative estimate of drug-likeness (QED) is 0.657. The first-order chi connectivity index (χ1) is 4.74. The molecule has 0 saturated carbocycles. The Kier molecular flexibility index (Phi) is 2.09. The molecule has 10 heavy (non-hydrogen) atoms. The van der Waals surface area contributed by atoms with E-state index in [4.69, 9.17) is 21.8 Å². The van der Waals surface area contributed by atoms with Crippen molar-refractivity contribution < 1.29 is 9.21 Å². The molecule has 0 aromatic carbocycles. The number of furan rings is 1. The lowest BCUT2D eigenvalue weighted by molar-refractivity contribution is 0.0975. The molecule has 1 rings (SSSR count). The lowest BCUT2D eigenvalue weighted by Gasteiger charge is -1.86. The maximum atomic E-state index is 10.7. The van der Waals surface area contributed by atoms with E-state index in [9.17, 15) is 4.79 Å². The molecule has 0 radical (unpaired) electrons. The number of hydrogen-bond donors (Lipinski definition) is 1. The number of Topliss-reactive ketones (excluding diaryl/α,β-unsaturated/α-hetero) is 1. The summed E-state index contributed by atoms with van der Waals surface area (Å²) in [6.45, 7) is -0.0517. The highest BCUT2D eigenvalue weighted by atomic mass is 35.5. The van der Waals surface area contributed by atoms with Crippen molar-refractivity contribution in [1.29, 1.82) is 0 Å². The fourth-order valence-corrected chi connectivity index (χ4v) is 0.704. The van der Waals surface area contributed by atoms with Gasteiger partial charge in [0.1, 0.15) is 6.26 Å². The minimum atomic E-state index is -0.244. The first-order valence-electron chi connectivity index (χ1n) is 2.71. The van der Waals surface area contributed by atoms with Crippen LogP contribution in [0, 0.1) is 0 Å². The van der Waals surface area contributed by atoms with Gasteiger partial charge in [-0.25, -0.2) is 0 Å². The van der Waals surface area contributed by atoms with Crippen LogP contribution < -0.4 is 5.73 Å². The highest BCUT2D eigenvalue weighted by Crippen LogP contribution is 2.12. The monoisotopic (exact) mass is 159 g/mol. The van der Waals surface area contributed by atoms with Gasteiger partial charge in [0.05, 0.1) is 11.6 Å². The topological polar surface area (TPSA) is 56.2 Å². The van der Waals surface area contributed by atoms with E-state index in [0.29, 0.717) is 5.02 Å². The molecule has 4 heteroatoms. The maximum absolute atomic E-state index is 10.7. The Balaban J connectivity index is 2.85. The first kappa shape index (κ1) is 7.31. The van der Waals surface area contributed by atoms with Crippen LogP contribution in [-0.4, -0.2) is 12.3 Å². The van der Waals surface area contributed by atoms with Gasteiger partial charge in [0.2, 0.25) is 5.78 Å². The van der Waals surface area contributed by atoms with Gasteiger partial charge in [0.25, 0.3) is 0 Å². The number of carbonyl (C=O) groups excluding carboxylic acids is 1. The van der Waals surface area contributed by atoms with Crippen molar-refractivity contribution in [2.75, 3.05) is 6.54 Å². The Morgan fingerprint density at radius 2 is 2.50 bits per heavy atom. The maximum Gasteiger partial charge on any atom is 0.211 e. The van der Waals surface area contributed by atoms with E-state index in [1.807, 2.05) is 0 Å². The van der Waals surface area contributed by atoms with Crippen molar-refractivity contribution in [3.8, 4) is 0 Å². The minimum absolute atomic E-state index is 0.0517. The summed E-state index contributed by atoms with van der Waals surface area (Å²) in [5.41, 5.74) is 5.06. The van der Waals surface area contributed by atoms with Gasteiger partial charge in [-0.15, -0.1) is 0 Å². The van der Waals surface area contributed by atoms with E-state index in [1.54, 1.807) is 0 Å². The summed E-state index contributed by atoms with van der Waals surface area (Å²) in [7, 11) is 0. The molecule has 3 nitrogen and oxygen atoms in total. The van der Waals surface area contributed by atoms with E-state index < -0.39 is 0 Å². The van der Waals surface area contributed by atoms with Crippen molar-refractivity contribution in [3.63, 3.8) is 0 Å². The molecule has 1 aromatic rings. The van der Waals surface area contributed by atoms with E-state index in [1.165, 1.54) is 12.3 Å². The Labute approximate surface area is 62.8 Å². The molecular formula is C6H6ClNO2. The molecule has 0 amide bonds. The smallest absolute Gasteiger partial charge is 0.211 e. The summed E-state index contributed by atoms with van der Waals surface area (Å²) < 4.78 is 4.76. The highest BCUT2D eigenvalue weighted by Gasteiger charge is 2.06. The Morgan fingerprint density at radius 3 is 2.90 bits per heavy atom. The lowest BCUT2D eigenvalue weighted by atomic mass is 10.3. The molecule has 0 unspecified atom stereocenters. The van der Waals surface area contributed by atoms with Crippen LogP contribution in [0.5, 0.6) is 0 Å². The average molecular weight is 160 g/mol. The molecule has 54 valence electrons. The van der Waals surface area contributed by atoms with E-state index >= 15 is 0 Å². The van der Waals surface area contributed by atoms with Gasteiger partial charge in [-0.3, -0.25) is 4.79 Å². The number of hydrogen-bond acceptors (Lipinski definition) is 3. The summed E-state index contributed by atoms with van der Waals surface area (Å²) in [5, 5.41) is 0.414. The third-order valence-electron chi connectivity index (χ3n) is 1.03. The minimum Gasteiger partial charge on any atom is -0.460 e. The summed E-state index contributed by atoms with van der Waals surface area (Å²) in [5.74, 6) is -0.0283. The summed E-state index contributed by atoms with van der Waals surface area (Å²) in [6, 6.07) is 1.44. The second-order valence-corrected chi connectivity index (χ2v) is 2.19. The Hall–Kier alpha value is -0.800. The third-order valence-corrected chi connectivity index (χ3v) is 1.23. The lowest BCUT2D eigenvalue weighted by Crippen LogP contribution is -2.12. The highest BCUT2D eigenvalue weighted by molar-refractivity contribution is 6.30. The molecular weight excluding hydrogens is 154 g/mol. The third kappa shape index (κ3) is 1.37. The van der Waals surface area contributed by atoms with Gasteiger partial charge >= 0.3 is 0 Å². The van der Waals surface area contributed by atoms with Crippen molar-refractivity contribution in [3.05, 3.63) is 23.1 Å². The zero-order valence-electron chi connectivity index (χ0n) is 5.13. The van der Waals surface area contributed by atoms with Crippen LogP contribution in [0.4, 0.5) is 0 Å². The van der Waals surface area contributed by atoms with Crippen molar-refractivity contribution in [2.45, 2.75) is 0 Å². The fraction of sp³-hybridized carbons (Fsp3) is 0.167. The zero-order chi connectivity index (χ0) is 7.56. The molecule has 0 atom stereocenters. The van der Waals surface area contributed by atoms with Crippen LogP contribution in [0.25, 0.3) is 0 Å². The molecule has 0 spiro atoms. The largest absolute Gasteiger partial charge is 0.460 e. The second-order valence-electron chi connectivity index (χ2n) is 1.76. The number of nitrogens with two attached hydrogens (primary N) is 1. The van der Waals surface area contributed by atoms with Gasteiger partial charge in [-0.2, -0.15) is 0 Å². The normalized spacial score (nSPS) is 9.80. The summed E-state index contributed by atoms with van der Waals surface area (Å²) in [6.07, 6.45) is 1.30.